The fraction of sp³-hybridized carbons (Fsp3) is 0.500. The molecule has 0 aliphatic carbocycles. The lowest BCUT2D eigenvalue weighted by molar-refractivity contribution is -0.135. The van der Waals surface area contributed by atoms with E-state index in [1.165, 1.54) is 0 Å². The van der Waals surface area contributed by atoms with Gasteiger partial charge in [0.2, 0.25) is 11.8 Å². The van der Waals surface area contributed by atoms with Gasteiger partial charge in [-0.2, -0.15) is 0 Å². The molecule has 1 aromatic rings. The van der Waals surface area contributed by atoms with Gasteiger partial charge in [-0.25, -0.2) is 0 Å². The zero-order valence-corrected chi connectivity index (χ0v) is 12.9. The van der Waals surface area contributed by atoms with Crippen LogP contribution in [0.25, 0.3) is 0 Å². The molecule has 1 saturated heterocycles. The van der Waals surface area contributed by atoms with Crippen LogP contribution in [0, 0.1) is 5.92 Å². The summed E-state index contributed by atoms with van der Waals surface area (Å²) in [6.45, 7) is 2.10. The van der Waals surface area contributed by atoms with Gasteiger partial charge in [-0.3, -0.25) is 9.59 Å². The Balaban J connectivity index is 1.65. The molecule has 118 valence electrons. The molecular formula is C16H20N2O4. The molecule has 0 N–H and O–H groups in total. The van der Waals surface area contributed by atoms with Crippen molar-refractivity contribution in [3.05, 3.63) is 23.8 Å². The number of rotatable bonds is 3. The van der Waals surface area contributed by atoms with E-state index in [0.29, 0.717) is 32.7 Å². The number of carbonyl (C=O) groups excluding carboxylic acids is 2. The Morgan fingerprint density at radius 2 is 2.05 bits per heavy atom. The number of hydrogen-bond donors (Lipinski definition) is 0. The van der Waals surface area contributed by atoms with Crippen molar-refractivity contribution in [1.29, 1.82) is 0 Å². The van der Waals surface area contributed by atoms with E-state index in [0.717, 1.165) is 17.1 Å². The van der Waals surface area contributed by atoms with Crippen LogP contribution in [0.2, 0.25) is 0 Å². The summed E-state index contributed by atoms with van der Waals surface area (Å²) in [5.41, 5.74) is 0.984. The summed E-state index contributed by atoms with van der Waals surface area (Å²) in [6.07, 6.45) is 0.306. The lowest BCUT2D eigenvalue weighted by atomic mass is 10.1. The summed E-state index contributed by atoms with van der Waals surface area (Å²) in [4.78, 5) is 27.3. The molecule has 0 spiro atoms. The normalized spacial score (nSPS) is 20.2. The number of ether oxygens (including phenoxy) is 2. The quantitative estimate of drug-likeness (QED) is 0.832. The number of hydrogen-bond acceptors (Lipinski definition) is 4. The fourth-order valence-corrected chi connectivity index (χ4v) is 2.88. The van der Waals surface area contributed by atoms with Gasteiger partial charge in [-0.15, -0.1) is 0 Å². The molecule has 2 amide bonds. The zero-order valence-electron chi connectivity index (χ0n) is 12.9. The molecule has 0 saturated carbocycles. The molecule has 0 unspecified atom stereocenters. The minimum Gasteiger partial charge on any atom is -0.486 e. The van der Waals surface area contributed by atoms with Crippen LogP contribution >= 0.6 is 0 Å². The van der Waals surface area contributed by atoms with E-state index < -0.39 is 0 Å². The minimum absolute atomic E-state index is 0.00703. The molecule has 2 aliphatic heterocycles. The van der Waals surface area contributed by atoms with Gasteiger partial charge in [-0.05, 0) is 17.7 Å². The van der Waals surface area contributed by atoms with Crippen molar-refractivity contribution in [3.8, 4) is 11.5 Å². The van der Waals surface area contributed by atoms with Gasteiger partial charge >= 0.3 is 0 Å². The highest BCUT2D eigenvalue weighted by molar-refractivity contribution is 5.89. The minimum atomic E-state index is -0.236. The number of likely N-dealkylation sites (tertiary alicyclic amines) is 1. The maximum atomic E-state index is 12.4. The first-order chi connectivity index (χ1) is 10.5. The van der Waals surface area contributed by atoms with Gasteiger partial charge in [0, 0.05) is 33.6 Å². The van der Waals surface area contributed by atoms with Crippen LogP contribution in [-0.4, -0.2) is 55.5 Å². The van der Waals surface area contributed by atoms with Crippen LogP contribution in [0.3, 0.4) is 0 Å². The second-order valence-corrected chi connectivity index (χ2v) is 5.85. The molecule has 6 heteroatoms. The van der Waals surface area contributed by atoms with Crippen LogP contribution < -0.4 is 9.47 Å². The molecule has 0 aromatic heterocycles. The first-order valence-electron chi connectivity index (χ1n) is 7.42. The fourth-order valence-electron chi connectivity index (χ4n) is 2.88. The van der Waals surface area contributed by atoms with Crippen molar-refractivity contribution in [2.75, 3.05) is 33.9 Å². The first-order valence-corrected chi connectivity index (χ1v) is 7.42. The Kier molecular flexibility index (Phi) is 3.92. The lowest BCUT2D eigenvalue weighted by Gasteiger charge is -2.23. The van der Waals surface area contributed by atoms with Gasteiger partial charge < -0.3 is 19.3 Å². The predicted molar refractivity (Wildman–Crippen MR) is 79.7 cm³/mol. The summed E-state index contributed by atoms with van der Waals surface area (Å²) < 4.78 is 11.0. The summed E-state index contributed by atoms with van der Waals surface area (Å²) in [5, 5.41) is 0. The van der Waals surface area contributed by atoms with E-state index in [1.54, 1.807) is 23.9 Å². The molecule has 6 nitrogen and oxygen atoms in total. The molecule has 0 radical (unpaired) electrons. The van der Waals surface area contributed by atoms with Crippen LogP contribution in [0.1, 0.15) is 12.0 Å². The Morgan fingerprint density at radius 3 is 2.73 bits per heavy atom. The highest BCUT2D eigenvalue weighted by atomic mass is 16.6. The Labute approximate surface area is 129 Å². The van der Waals surface area contributed by atoms with E-state index in [9.17, 15) is 9.59 Å². The first kappa shape index (κ1) is 14.7. The number of nitrogens with zero attached hydrogens (tertiary/aromatic N) is 2. The summed E-state index contributed by atoms with van der Waals surface area (Å²) in [7, 11) is 3.50. The van der Waals surface area contributed by atoms with Crippen LogP contribution in [0.5, 0.6) is 11.5 Å². The summed E-state index contributed by atoms with van der Waals surface area (Å²) >= 11 is 0. The average molecular weight is 304 g/mol. The Hall–Kier alpha value is -2.24. The van der Waals surface area contributed by atoms with Crippen molar-refractivity contribution in [3.63, 3.8) is 0 Å². The van der Waals surface area contributed by atoms with E-state index in [1.807, 2.05) is 18.2 Å². The largest absolute Gasteiger partial charge is 0.486 e. The topological polar surface area (TPSA) is 59.1 Å². The van der Waals surface area contributed by atoms with E-state index in [2.05, 4.69) is 0 Å². The van der Waals surface area contributed by atoms with Crippen molar-refractivity contribution < 1.29 is 19.1 Å². The monoisotopic (exact) mass is 304 g/mol. The molecule has 22 heavy (non-hydrogen) atoms. The van der Waals surface area contributed by atoms with Gasteiger partial charge in [0.25, 0.3) is 0 Å². The van der Waals surface area contributed by atoms with Crippen molar-refractivity contribution in [2.24, 2.45) is 5.92 Å². The molecule has 2 aliphatic rings. The highest BCUT2D eigenvalue weighted by Crippen LogP contribution is 2.31. The smallest absolute Gasteiger partial charge is 0.228 e. The van der Waals surface area contributed by atoms with Crippen LogP contribution in [-0.2, 0) is 16.1 Å². The molecule has 1 atom stereocenters. The second-order valence-electron chi connectivity index (χ2n) is 5.85. The third-order valence-electron chi connectivity index (χ3n) is 4.09. The van der Waals surface area contributed by atoms with E-state index in [4.69, 9.17) is 9.47 Å². The third-order valence-corrected chi connectivity index (χ3v) is 4.09. The average Bonchev–Trinajstić information content (AvgIpc) is 2.85. The summed E-state index contributed by atoms with van der Waals surface area (Å²) in [6, 6.07) is 5.71. The maximum absolute atomic E-state index is 12.4. The predicted octanol–water partition coefficient (Wildman–Crippen LogP) is 0.894. The SMILES string of the molecule is CN1C[C@H](C(=O)N(C)Cc2ccc3c(c2)OCCO3)CC1=O. The van der Waals surface area contributed by atoms with Gasteiger partial charge in [-0.1, -0.05) is 6.07 Å². The molecular weight excluding hydrogens is 284 g/mol. The molecule has 0 bridgehead atoms. The van der Waals surface area contributed by atoms with E-state index in [-0.39, 0.29) is 17.7 Å². The molecule has 3 rings (SSSR count). The Bertz CT molecular complexity index is 602. The van der Waals surface area contributed by atoms with Crippen molar-refractivity contribution >= 4 is 11.8 Å². The number of benzene rings is 1. The van der Waals surface area contributed by atoms with Gasteiger partial charge in [0.1, 0.15) is 13.2 Å². The van der Waals surface area contributed by atoms with Crippen LogP contribution in [0.15, 0.2) is 18.2 Å². The maximum Gasteiger partial charge on any atom is 0.228 e. The second kappa shape index (κ2) is 5.87. The third kappa shape index (κ3) is 2.86. The molecule has 1 aromatic carbocycles. The standard InChI is InChI=1S/C16H20N2O4/c1-17-10-12(8-15(17)19)16(20)18(2)9-11-3-4-13-14(7-11)22-6-5-21-13/h3-4,7,12H,5-6,8-10H2,1-2H3/t12-/m1/s1. The number of carbonyl (C=O) groups is 2. The highest BCUT2D eigenvalue weighted by Gasteiger charge is 2.33. The molecule has 2 heterocycles. The van der Waals surface area contributed by atoms with E-state index >= 15 is 0 Å². The van der Waals surface area contributed by atoms with Crippen LogP contribution in [0.4, 0.5) is 0 Å². The summed E-state index contributed by atoms with van der Waals surface area (Å²) in [5.74, 6) is 1.27. The zero-order chi connectivity index (χ0) is 15.7. The Morgan fingerprint density at radius 1 is 1.32 bits per heavy atom. The molecule has 1 fully saturated rings. The van der Waals surface area contributed by atoms with Gasteiger partial charge in [0.15, 0.2) is 11.5 Å². The lowest BCUT2D eigenvalue weighted by Crippen LogP contribution is -2.33. The number of fused-ring (bicyclic) bond motifs is 1. The van der Waals surface area contributed by atoms with Gasteiger partial charge in [0.05, 0.1) is 5.92 Å². The van der Waals surface area contributed by atoms with Crippen molar-refractivity contribution in [2.45, 2.75) is 13.0 Å². The number of amides is 2. The van der Waals surface area contributed by atoms with Crippen molar-refractivity contribution in [1.82, 2.24) is 9.80 Å².